The van der Waals surface area contributed by atoms with Crippen LogP contribution in [0.15, 0.2) is 64.5 Å². The third kappa shape index (κ3) is 5.51. The second-order valence-electron chi connectivity index (χ2n) is 7.33. The molecular formula is C24H29N3O2S. The fourth-order valence-corrected chi connectivity index (χ4v) is 4.27. The molecule has 1 atom stereocenters. The van der Waals surface area contributed by atoms with Crippen molar-refractivity contribution in [2.75, 3.05) is 5.75 Å². The van der Waals surface area contributed by atoms with Crippen LogP contribution in [0, 0.1) is 0 Å². The summed E-state index contributed by atoms with van der Waals surface area (Å²) in [7, 11) is 0. The summed E-state index contributed by atoms with van der Waals surface area (Å²) in [6.45, 7) is 4.82. The van der Waals surface area contributed by atoms with Gasteiger partial charge >= 0.3 is 0 Å². The van der Waals surface area contributed by atoms with Gasteiger partial charge in [0.2, 0.25) is 5.91 Å². The van der Waals surface area contributed by atoms with E-state index in [0.717, 1.165) is 31.2 Å². The van der Waals surface area contributed by atoms with Gasteiger partial charge in [0, 0.05) is 6.54 Å². The minimum atomic E-state index is -0.0493. The van der Waals surface area contributed by atoms with Crippen molar-refractivity contribution < 1.29 is 4.79 Å². The minimum absolute atomic E-state index is 0.00357. The van der Waals surface area contributed by atoms with Gasteiger partial charge in [0.1, 0.15) is 0 Å². The van der Waals surface area contributed by atoms with Gasteiger partial charge in [0.05, 0.1) is 22.7 Å². The van der Waals surface area contributed by atoms with Gasteiger partial charge in [-0.3, -0.25) is 14.2 Å². The standard InChI is InChI=1S/C24H29N3O2S/c1-3-5-16-27-23(29)19-14-9-10-15-21(19)26-24(27)30-17-22(28)25-20(11-4-2)18-12-7-6-8-13-18/h6-10,12-15,20H,3-5,11,16-17H2,1-2H3,(H,25,28)/t20-/m1/s1. The number of nitrogens with zero attached hydrogens (tertiary/aromatic N) is 2. The van der Waals surface area contributed by atoms with E-state index >= 15 is 0 Å². The molecule has 1 amide bonds. The Morgan fingerprint density at radius 3 is 2.53 bits per heavy atom. The van der Waals surface area contributed by atoms with E-state index in [1.54, 1.807) is 4.57 Å². The molecule has 0 saturated heterocycles. The highest BCUT2D eigenvalue weighted by Gasteiger charge is 2.16. The van der Waals surface area contributed by atoms with Crippen molar-refractivity contribution in [2.45, 2.75) is 57.3 Å². The summed E-state index contributed by atoms with van der Waals surface area (Å²) in [6.07, 6.45) is 3.75. The van der Waals surface area contributed by atoms with Crippen LogP contribution in [0.4, 0.5) is 0 Å². The van der Waals surface area contributed by atoms with Crippen LogP contribution in [0.1, 0.15) is 51.1 Å². The topological polar surface area (TPSA) is 64.0 Å². The lowest BCUT2D eigenvalue weighted by atomic mass is 10.0. The number of carbonyl (C=O) groups excluding carboxylic acids is 1. The second-order valence-corrected chi connectivity index (χ2v) is 8.27. The van der Waals surface area contributed by atoms with Crippen LogP contribution in [0.2, 0.25) is 0 Å². The smallest absolute Gasteiger partial charge is 0.262 e. The number of aromatic nitrogens is 2. The zero-order valence-electron chi connectivity index (χ0n) is 17.6. The van der Waals surface area contributed by atoms with Gasteiger partial charge in [0.15, 0.2) is 5.16 Å². The summed E-state index contributed by atoms with van der Waals surface area (Å²) in [5.74, 6) is 0.177. The first-order valence-corrected chi connectivity index (χ1v) is 11.6. The van der Waals surface area contributed by atoms with Gasteiger partial charge in [-0.25, -0.2) is 4.98 Å². The van der Waals surface area contributed by atoms with Gasteiger partial charge in [-0.05, 0) is 30.5 Å². The lowest BCUT2D eigenvalue weighted by molar-refractivity contribution is -0.119. The number of fused-ring (bicyclic) bond motifs is 1. The Morgan fingerprint density at radius 2 is 1.80 bits per heavy atom. The molecule has 0 fully saturated rings. The molecule has 0 radical (unpaired) electrons. The van der Waals surface area contributed by atoms with Crippen LogP contribution in [-0.4, -0.2) is 21.2 Å². The molecule has 6 heteroatoms. The molecule has 1 aromatic heterocycles. The zero-order valence-corrected chi connectivity index (χ0v) is 18.5. The maximum Gasteiger partial charge on any atom is 0.262 e. The Bertz CT molecular complexity index is 1030. The van der Waals surface area contributed by atoms with E-state index in [1.807, 2.05) is 54.6 Å². The van der Waals surface area contributed by atoms with Crippen molar-refractivity contribution in [2.24, 2.45) is 0 Å². The van der Waals surface area contributed by atoms with Crippen LogP contribution in [0.25, 0.3) is 10.9 Å². The summed E-state index contributed by atoms with van der Waals surface area (Å²) in [5.41, 5.74) is 1.75. The Hall–Kier alpha value is -2.60. The number of unbranched alkanes of at least 4 members (excludes halogenated alkanes) is 1. The van der Waals surface area contributed by atoms with Crippen molar-refractivity contribution in [1.82, 2.24) is 14.9 Å². The van der Waals surface area contributed by atoms with Crippen molar-refractivity contribution in [3.8, 4) is 0 Å². The van der Waals surface area contributed by atoms with E-state index in [2.05, 4.69) is 24.1 Å². The van der Waals surface area contributed by atoms with E-state index in [-0.39, 0.29) is 23.3 Å². The minimum Gasteiger partial charge on any atom is -0.349 e. The molecule has 0 aliphatic heterocycles. The Labute approximate surface area is 181 Å². The molecule has 0 unspecified atom stereocenters. The molecule has 5 nitrogen and oxygen atoms in total. The Morgan fingerprint density at radius 1 is 1.07 bits per heavy atom. The van der Waals surface area contributed by atoms with E-state index < -0.39 is 0 Å². The lowest BCUT2D eigenvalue weighted by Gasteiger charge is -2.19. The average Bonchev–Trinajstić information content (AvgIpc) is 2.77. The van der Waals surface area contributed by atoms with Crippen LogP contribution >= 0.6 is 11.8 Å². The first kappa shape index (κ1) is 22.1. The maximum atomic E-state index is 13.0. The van der Waals surface area contributed by atoms with Crippen molar-refractivity contribution in [1.29, 1.82) is 0 Å². The van der Waals surface area contributed by atoms with Gasteiger partial charge in [-0.1, -0.05) is 80.9 Å². The summed E-state index contributed by atoms with van der Waals surface area (Å²) in [5, 5.41) is 4.37. The number of amides is 1. The summed E-state index contributed by atoms with van der Waals surface area (Å²) >= 11 is 1.33. The second kappa shape index (κ2) is 11.0. The average molecular weight is 424 g/mol. The van der Waals surface area contributed by atoms with Crippen molar-refractivity contribution in [3.63, 3.8) is 0 Å². The lowest BCUT2D eigenvalue weighted by Crippen LogP contribution is -2.30. The molecule has 30 heavy (non-hydrogen) atoms. The van der Waals surface area contributed by atoms with Gasteiger partial charge < -0.3 is 5.32 Å². The first-order chi connectivity index (χ1) is 14.6. The van der Waals surface area contributed by atoms with E-state index in [4.69, 9.17) is 0 Å². The van der Waals surface area contributed by atoms with Crippen LogP contribution in [0.3, 0.4) is 0 Å². The number of carbonyl (C=O) groups is 1. The molecule has 3 aromatic rings. The summed E-state index contributed by atoms with van der Waals surface area (Å²) < 4.78 is 1.71. The molecular weight excluding hydrogens is 394 g/mol. The van der Waals surface area contributed by atoms with Crippen molar-refractivity contribution in [3.05, 3.63) is 70.5 Å². The fraction of sp³-hybridized carbons (Fsp3) is 0.375. The van der Waals surface area contributed by atoms with Gasteiger partial charge in [-0.15, -0.1) is 0 Å². The number of rotatable bonds is 10. The van der Waals surface area contributed by atoms with Gasteiger partial charge in [0.25, 0.3) is 5.56 Å². The monoisotopic (exact) mass is 423 g/mol. The molecule has 0 aliphatic rings. The molecule has 0 saturated carbocycles. The molecule has 1 heterocycles. The highest BCUT2D eigenvalue weighted by molar-refractivity contribution is 7.99. The van der Waals surface area contributed by atoms with Crippen molar-refractivity contribution >= 4 is 28.6 Å². The zero-order chi connectivity index (χ0) is 21.3. The number of para-hydroxylation sites is 1. The number of hydrogen-bond acceptors (Lipinski definition) is 4. The first-order valence-electron chi connectivity index (χ1n) is 10.6. The normalized spacial score (nSPS) is 12.1. The largest absolute Gasteiger partial charge is 0.349 e. The molecule has 0 bridgehead atoms. The van der Waals surface area contributed by atoms with E-state index in [1.165, 1.54) is 11.8 Å². The predicted octanol–water partition coefficient (Wildman–Crippen LogP) is 4.95. The third-order valence-corrected chi connectivity index (χ3v) is 5.99. The Kier molecular flexibility index (Phi) is 8.08. The SMILES string of the molecule is CCCCn1c(SCC(=O)N[C@H](CCC)c2ccccc2)nc2ccccc2c1=O. The van der Waals surface area contributed by atoms with Crippen LogP contribution < -0.4 is 10.9 Å². The molecule has 158 valence electrons. The Balaban J connectivity index is 1.76. The number of hydrogen-bond donors (Lipinski definition) is 1. The highest BCUT2D eigenvalue weighted by Crippen LogP contribution is 2.21. The summed E-state index contributed by atoms with van der Waals surface area (Å²) in [4.78, 5) is 30.3. The maximum absolute atomic E-state index is 13.0. The van der Waals surface area contributed by atoms with Crippen LogP contribution in [0.5, 0.6) is 0 Å². The summed E-state index contributed by atoms with van der Waals surface area (Å²) in [6, 6.07) is 17.4. The molecule has 2 aromatic carbocycles. The number of thioether (sulfide) groups is 1. The fourth-order valence-electron chi connectivity index (χ4n) is 3.43. The number of benzene rings is 2. The molecule has 1 N–H and O–H groups in total. The third-order valence-electron chi connectivity index (χ3n) is 5.01. The highest BCUT2D eigenvalue weighted by atomic mass is 32.2. The van der Waals surface area contributed by atoms with Crippen LogP contribution in [-0.2, 0) is 11.3 Å². The molecule has 3 rings (SSSR count). The van der Waals surface area contributed by atoms with Gasteiger partial charge in [-0.2, -0.15) is 0 Å². The van der Waals surface area contributed by atoms with E-state index in [9.17, 15) is 9.59 Å². The molecule has 0 spiro atoms. The predicted molar refractivity (Wildman–Crippen MR) is 124 cm³/mol. The number of nitrogens with one attached hydrogen (secondary N) is 1. The molecule has 0 aliphatic carbocycles. The van der Waals surface area contributed by atoms with E-state index in [0.29, 0.717) is 22.6 Å². The quantitative estimate of drug-likeness (QED) is 0.370.